The number of benzene rings is 1. The van der Waals surface area contributed by atoms with E-state index < -0.39 is 0 Å². The number of likely N-dealkylation sites (tertiary alicyclic amines) is 1. The number of methoxy groups -OCH3 is 1. The Morgan fingerprint density at radius 2 is 1.93 bits per heavy atom. The van der Waals surface area contributed by atoms with Crippen LogP contribution in [0.3, 0.4) is 0 Å². The quantitative estimate of drug-likeness (QED) is 0.720. The summed E-state index contributed by atoms with van der Waals surface area (Å²) in [5.74, 6) is 1.43. The number of aromatic nitrogens is 2. The zero-order chi connectivity index (χ0) is 20.9. The van der Waals surface area contributed by atoms with Crippen LogP contribution in [0.4, 0.5) is 0 Å². The molecule has 1 aromatic heterocycles. The van der Waals surface area contributed by atoms with E-state index in [1.165, 1.54) is 5.56 Å². The van der Waals surface area contributed by atoms with Crippen molar-refractivity contribution in [3.05, 3.63) is 35.7 Å². The molecule has 1 aliphatic rings. The van der Waals surface area contributed by atoms with Crippen molar-refractivity contribution in [3.8, 4) is 11.4 Å². The van der Waals surface area contributed by atoms with Crippen molar-refractivity contribution in [2.45, 2.75) is 45.6 Å². The Balaban J connectivity index is 1.50. The van der Waals surface area contributed by atoms with Crippen LogP contribution in [0.15, 0.2) is 28.8 Å². The van der Waals surface area contributed by atoms with Gasteiger partial charge in [0.15, 0.2) is 0 Å². The van der Waals surface area contributed by atoms with Gasteiger partial charge in [-0.3, -0.25) is 9.69 Å². The summed E-state index contributed by atoms with van der Waals surface area (Å²) in [5, 5.41) is 7.07. The molecule has 158 valence electrons. The summed E-state index contributed by atoms with van der Waals surface area (Å²) >= 11 is 0. The molecule has 1 aliphatic heterocycles. The van der Waals surface area contributed by atoms with Gasteiger partial charge in [-0.05, 0) is 36.9 Å². The fraction of sp³-hybridized carbons (Fsp3) is 0.591. The van der Waals surface area contributed by atoms with E-state index in [2.05, 4.69) is 53.3 Å². The fourth-order valence-electron chi connectivity index (χ4n) is 3.52. The predicted molar refractivity (Wildman–Crippen MR) is 111 cm³/mol. The molecule has 2 aromatic rings. The highest BCUT2D eigenvalue weighted by molar-refractivity contribution is 5.78. The molecule has 1 aromatic carbocycles. The Labute approximate surface area is 172 Å². The molecular formula is C22H32N4O3. The average Bonchev–Trinajstić information content (AvgIpc) is 3.16. The van der Waals surface area contributed by atoms with Crippen LogP contribution in [-0.2, 0) is 21.5 Å². The molecule has 3 rings (SSSR count). The van der Waals surface area contributed by atoms with E-state index >= 15 is 0 Å². The van der Waals surface area contributed by atoms with Gasteiger partial charge in [0, 0.05) is 25.1 Å². The van der Waals surface area contributed by atoms with Crippen LogP contribution < -0.4 is 5.32 Å². The van der Waals surface area contributed by atoms with Gasteiger partial charge in [-0.15, -0.1) is 0 Å². The Morgan fingerprint density at radius 3 is 2.55 bits per heavy atom. The van der Waals surface area contributed by atoms with Crippen molar-refractivity contribution in [1.82, 2.24) is 20.4 Å². The second-order valence-electron chi connectivity index (χ2n) is 8.67. The normalized spacial score (nSPS) is 16.1. The number of rotatable bonds is 7. The number of ether oxygens (including phenoxy) is 1. The number of carbonyl (C=O) groups is 1. The monoisotopic (exact) mass is 400 g/mol. The van der Waals surface area contributed by atoms with Gasteiger partial charge < -0.3 is 14.6 Å². The lowest BCUT2D eigenvalue weighted by Crippen LogP contribution is -2.41. The van der Waals surface area contributed by atoms with Crippen molar-refractivity contribution >= 4 is 5.91 Å². The fourth-order valence-corrected chi connectivity index (χ4v) is 3.52. The summed E-state index contributed by atoms with van der Waals surface area (Å²) in [6.07, 6.45) is 1.68. The summed E-state index contributed by atoms with van der Waals surface area (Å²) in [6, 6.07) is 8.33. The molecule has 1 N–H and O–H groups in total. The van der Waals surface area contributed by atoms with Gasteiger partial charge in [0.1, 0.15) is 0 Å². The third-order valence-corrected chi connectivity index (χ3v) is 5.40. The standard InChI is InChI=1S/C22H32N4O3/c1-22(2,3)18-7-5-16(6-8-18)20-24-19(29-25-20)15-26-12-9-17(10-13-26)21(27)23-11-14-28-4/h5-8,17H,9-15H2,1-4H3,(H,23,27). The number of amides is 1. The third-order valence-electron chi connectivity index (χ3n) is 5.40. The van der Waals surface area contributed by atoms with Crippen molar-refractivity contribution in [3.63, 3.8) is 0 Å². The Bertz CT molecular complexity index is 787. The van der Waals surface area contributed by atoms with Gasteiger partial charge in [-0.1, -0.05) is 50.2 Å². The first-order valence-corrected chi connectivity index (χ1v) is 10.3. The Kier molecular flexibility index (Phi) is 7.03. The summed E-state index contributed by atoms with van der Waals surface area (Å²) in [5.41, 5.74) is 2.35. The Morgan fingerprint density at radius 1 is 1.24 bits per heavy atom. The third kappa shape index (κ3) is 5.87. The highest BCUT2D eigenvalue weighted by Gasteiger charge is 2.25. The summed E-state index contributed by atoms with van der Waals surface area (Å²) in [7, 11) is 1.63. The lowest BCUT2D eigenvalue weighted by atomic mass is 9.87. The summed E-state index contributed by atoms with van der Waals surface area (Å²) in [6.45, 7) is 10.0. The maximum absolute atomic E-state index is 12.2. The topological polar surface area (TPSA) is 80.5 Å². The molecule has 0 radical (unpaired) electrons. The highest BCUT2D eigenvalue weighted by atomic mass is 16.5. The number of piperidine rings is 1. The van der Waals surface area contributed by atoms with Gasteiger partial charge >= 0.3 is 0 Å². The van der Waals surface area contributed by atoms with Gasteiger partial charge in [-0.2, -0.15) is 4.98 Å². The molecule has 29 heavy (non-hydrogen) atoms. The molecular weight excluding hydrogens is 368 g/mol. The molecule has 7 heteroatoms. The van der Waals surface area contributed by atoms with Gasteiger partial charge in [0.25, 0.3) is 0 Å². The Hall–Kier alpha value is -2.25. The molecule has 1 amide bonds. The number of nitrogens with zero attached hydrogens (tertiary/aromatic N) is 3. The summed E-state index contributed by atoms with van der Waals surface area (Å²) < 4.78 is 10.4. The van der Waals surface area contributed by atoms with Gasteiger partial charge in [0.2, 0.25) is 17.6 Å². The van der Waals surface area contributed by atoms with Crippen LogP contribution in [0, 0.1) is 5.92 Å². The van der Waals surface area contributed by atoms with Gasteiger partial charge in [0.05, 0.1) is 13.2 Å². The number of nitrogens with one attached hydrogen (secondary N) is 1. The van der Waals surface area contributed by atoms with E-state index in [1.54, 1.807) is 7.11 Å². The SMILES string of the molecule is COCCNC(=O)C1CCN(Cc2nc(-c3ccc(C(C)(C)C)cc3)no2)CC1. The molecule has 0 saturated carbocycles. The molecule has 0 atom stereocenters. The second kappa shape index (κ2) is 9.50. The lowest BCUT2D eigenvalue weighted by molar-refractivity contribution is -0.126. The van der Waals surface area contributed by atoms with E-state index in [0.29, 0.717) is 31.4 Å². The van der Waals surface area contributed by atoms with E-state index in [-0.39, 0.29) is 17.2 Å². The molecule has 7 nitrogen and oxygen atoms in total. The zero-order valence-electron chi connectivity index (χ0n) is 17.9. The van der Waals surface area contributed by atoms with Crippen molar-refractivity contribution in [1.29, 1.82) is 0 Å². The molecule has 0 unspecified atom stereocenters. The molecule has 0 bridgehead atoms. The molecule has 2 heterocycles. The van der Waals surface area contributed by atoms with Crippen LogP contribution in [0.1, 0.15) is 45.1 Å². The average molecular weight is 401 g/mol. The molecule has 0 spiro atoms. The summed E-state index contributed by atoms with van der Waals surface area (Å²) in [4.78, 5) is 19.0. The minimum atomic E-state index is 0.0719. The van der Waals surface area contributed by atoms with E-state index in [4.69, 9.17) is 9.26 Å². The second-order valence-corrected chi connectivity index (χ2v) is 8.67. The molecule has 0 aliphatic carbocycles. The predicted octanol–water partition coefficient (Wildman–Crippen LogP) is 3.01. The van der Waals surface area contributed by atoms with Gasteiger partial charge in [-0.25, -0.2) is 0 Å². The zero-order valence-corrected chi connectivity index (χ0v) is 17.9. The van der Waals surface area contributed by atoms with Crippen LogP contribution in [0.2, 0.25) is 0 Å². The minimum Gasteiger partial charge on any atom is -0.383 e. The highest BCUT2D eigenvalue weighted by Crippen LogP contribution is 2.25. The number of hydrogen-bond acceptors (Lipinski definition) is 6. The molecule has 1 saturated heterocycles. The lowest BCUT2D eigenvalue weighted by Gasteiger charge is -2.30. The van der Waals surface area contributed by atoms with E-state index in [1.807, 2.05) is 12.1 Å². The van der Waals surface area contributed by atoms with Crippen molar-refractivity contribution < 1.29 is 14.1 Å². The molecule has 1 fully saturated rings. The largest absolute Gasteiger partial charge is 0.383 e. The van der Waals surface area contributed by atoms with Crippen LogP contribution in [0.5, 0.6) is 0 Å². The van der Waals surface area contributed by atoms with Crippen LogP contribution in [0.25, 0.3) is 11.4 Å². The van der Waals surface area contributed by atoms with Crippen LogP contribution in [-0.4, -0.2) is 54.3 Å². The first kappa shape index (κ1) is 21.5. The number of carbonyl (C=O) groups excluding carboxylic acids is 1. The maximum Gasteiger partial charge on any atom is 0.241 e. The van der Waals surface area contributed by atoms with E-state index in [9.17, 15) is 4.79 Å². The minimum absolute atomic E-state index is 0.0719. The van der Waals surface area contributed by atoms with Crippen LogP contribution >= 0.6 is 0 Å². The number of hydrogen-bond donors (Lipinski definition) is 1. The maximum atomic E-state index is 12.2. The van der Waals surface area contributed by atoms with Crippen molar-refractivity contribution in [2.24, 2.45) is 5.92 Å². The first-order chi connectivity index (χ1) is 13.9. The van der Waals surface area contributed by atoms with E-state index in [0.717, 1.165) is 31.5 Å². The first-order valence-electron chi connectivity index (χ1n) is 10.3. The van der Waals surface area contributed by atoms with Crippen molar-refractivity contribution in [2.75, 3.05) is 33.4 Å². The smallest absolute Gasteiger partial charge is 0.241 e.